The lowest BCUT2D eigenvalue weighted by Gasteiger charge is -2.43. The molecule has 6 nitrogen and oxygen atoms in total. The molecule has 2 aliphatic rings. The summed E-state index contributed by atoms with van der Waals surface area (Å²) in [6, 6.07) is 13.8. The van der Waals surface area contributed by atoms with Crippen LogP contribution in [0.25, 0.3) is 0 Å². The summed E-state index contributed by atoms with van der Waals surface area (Å²) in [4.78, 5) is 18.2. The molecule has 2 heterocycles. The van der Waals surface area contributed by atoms with Gasteiger partial charge >= 0.3 is 0 Å². The third-order valence-corrected chi connectivity index (χ3v) is 6.92. The van der Waals surface area contributed by atoms with Crippen LogP contribution in [-0.4, -0.2) is 69.3 Å². The van der Waals surface area contributed by atoms with Gasteiger partial charge in [-0.2, -0.15) is 0 Å². The van der Waals surface area contributed by atoms with Gasteiger partial charge in [-0.1, -0.05) is 29.8 Å². The van der Waals surface area contributed by atoms with E-state index in [9.17, 15) is 4.79 Å². The summed E-state index contributed by atoms with van der Waals surface area (Å²) in [5.74, 6) is 1.69. The summed E-state index contributed by atoms with van der Waals surface area (Å²) < 4.78 is 16.4. The molecule has 2 aromatic carbocycles. The first-order valence-corrected chi connectivity index (χ1v) is 11.5. The van der Waals surface area contributed by atoms with Crippen molar-refractivity contribution in [1.82, 2.24) is 9.80 Å². The first-order chi connectivity index (χ1) is 15.6. The van der Waals surface area contributed by atoms with Gasteiger partial charge in [-0.15, -0.1) is 0 Å². The fourth-order valence-electron chi connectivity index (χ4n) is 4.76. The van der Waals surface area contributed by atoms with Gasteiger partial charge in [-0.3, -0.25) is 9.69 Å². The summed E-state index contributed by atoms with van der Waals surface area (Å²) in [6.45, 7) is 5.16. The number of amides is 1. The van der Waals surface area contributed by atoms with Gasteiger partial charge in [0, 0.05) is 51.0 Å². The Hall–Kier alpha value is -2.28. The van der Waals surface area contributed by atoms with Crippen LogP contribution < -0.4 is 9.47 Å². The van der Waals surface area contributed by atoms with Crippen LogP contribution in [0, 0.1) is 0 Å². The van der Waals surface area contributed by atoms with Gasteiger partial charge in [-0.25, -0.2) is 0 Å². The first kappa shape index (κ1) is 22.9. The molecular weight excluding hydrogens is 428 g/mol. The minimum Gasteiger partial charge on any atom is -0.493 e. The second-order valence-electron chi connectivity index (χ2n) is 8.46. The van der Waals surface area contributed by atoms with Crippen molar-refractivity contribution < 1.29 is 19.0 Å². The van der Waals surface area contributed by atoms with Crippen molar-refractivity contribution in [2.45, 2.75) is 24.8 Å². The Morgan fingerprint density at radius 1 is 0.969 bits per heavy atom. The maximum Gasteiger partial charge on any atom is 0.233 e. The molecule has 0 spiro atoms. The predicted molar refractivity (Wildman–Crippen MR) is 125 cm³/mol. The van der Waals surface area contributed by atoms with Crippen LogP contribution in [0.2, 0.25) is 5.02 Å². The number of carbonyl (C=O) groups is 1. The molecule has 0 saturated carbocycles. The van der Waals surface area contributed by atoms with E-state index < -0.39 is 5.41 Å². The average Bonchev–Trinajstić information content (AvgIpc) is 2.85. The average molecular weight is 459 g/mol. The SMILES string of the molecule is COc1ccc(CN2CCN(C(=O)C3(c4ccc(Cl)cc4)CCOCC3)CC2)cc1OC. The highest BCUT2D eigenvalue weighted by molar-refractivity contribution is 6.30. The zero-order chi connectivity index (χ0) is 22.6. The number of ether oxygens (including phenoxy) is 3. The molecule has 1 amide bonds. The van der Waals surface area contributed by atoms with Crippen molar-refractivity contribution >= 4 is 17.5 Å². The van der Waals surface area contributed by atoms with Crippen molar-refractivity contribution in [3.05, 3.63) is 58.6 Å². The minimum absolute atomic E-state index is 0.217. The molecule has 0 unspecified atom stereocenters. The zero-order valence-corrected chi connectivity index (χ0v) is 19.6. The van der Waals surface area contributed by atoms with Crippen LogP contribution in [0.4, 0.5) is 0 Å². The number of halogens is 1. The third kappa shape index (κ3) is 4.72. The number of carbonyl (C=O) groups excluding carboxylic acids is 1. The second-order valence-corrected chi connectivity index (χ2v) is 8.90. The molecule has 0 N–H and O–H groups in total. The van der Waals surface area contributed by atoms with Crippen molar-refractivity contribution in [2.24, 2.45) is 0 Å². The van der Waals surface area contributed by atoms with Gasteiger partial charge in [0.05, 0.1) is 19.6 Å². The summed E-state index contributed by atoms with van der Waals surface area (Å²) in [5, 5.41) is 0.687. The fraction of sp³-hybridized carbons (Fsp3) is 0.480. The molecule has 0 radical (unpaired) electrons. The van der Waals surface area contributed by atoms with Crippen LogP contribution in [0.15, 0.2) is 42.5 Å². The molecule has 0 aliphatic carbocycles. The largest absolute Gasteiger partial charge is 0.493 e. The van der Waals surface area contributed by atoms with E-state index in [4.69, 9.17) is 25.8 Å². The van der Waals surface area contributed by atoms with E-state index in [0.29, 0.717) is 31.1 Å². The first-order valence-electron chi connectivity index (χ1n) is 11.1. The van der Waals surface area contributed by atoms with Crippen molar-refractivity contribution in [3.63, 3.8) is 0 Å². The molecule has 7 heteroatoms. The smallest absolute Gasteiger partial charge is 0.233 e. The highest BCUT2D eigenvalue weighted by Gasteiger charge is 2.44. The maximum absolute atomic E-state index is 13.8. The summed E-state index contributed by atoms with van der Waals surface area (Å²) >= 11 is 6.10. The van der Waals surface area contributed by atoms with Gasteiger partial charge in [-0.05, 0) is 48.2 Å². The van der Waals surface area contributed by atoms with E-state index >= 15 is 0 Å². The molecule has 2 saturated heterocycles. The van der Waals surface area contributed by atoms with Crippen molar-refractivity contribution in [3.8, 4) is 11.5 Å². The van der Waals surface area contributed by atoms with E-state index in [-0.39, 0.29) is 5.91 Å². The second kappa shape index (κ2) is 10.1. The number of hydrogen-bond donors (Lipinski definition) is 0. The van der Waals surface area contributed by atoms with Gasteiger partial charge in [0.25, 0.3) is 0 Å². The van der Waals surface area contributed by atoms with Crippen LogP contribution in [0.5, 0.6) is 11.5 Å². The number of hydrogen-bond acceptors (Lipinski definition) is 5. The van der Waals surface area contributed by atoms with Crippen molar-refractivity contribution in [1.29, 1.82) is 0 Å². The van der Waals surface area contributed by atoms with Crippen LogP contribution >= 0.6 is 11.6 Å². The maximum atomic E-state index is 13.8. The summed E-state index contributed by atoms with van der Waals surface area (Å²) in [7, 11) is 3.29. The highest BCUT2D eigenvalue weighted by atomic mass is 35.5. The number of methoxy groups -OCH3 is 2. The quantitative estimate of drug-likeness (QED) is 0.659. The Morgan fingerprint density at radius 2 is 1.62 bits per heavy atom. The zero-order valence-electron chi connectivity index (χ0n) is 18.8. The fourth-order valence-corrected chi connectivity index (χ4v) is 4.89. The lowest BCUT2D eigenvalue weighted by atomic mass is 9.73. The predicted octanol–water partition coefficient (Wildman–Crippen LogP) is 3.75. The topological polar surface area (TPSA) is 51.2 Å². The molecule has 2 aliphatic heterocycles. The van der Waals surface area contributed by atoms with E-state index in [1.807, 2.05) is 41.3 Å². The Labute approximate surface area is 195 Å². The van der Waals surface area contributed by atoms with Crippen LogP contribution in [0.1, 0.15) is 24.0 Å². The van der Waals surface area contributed by atoms with Crippen molar-refractivity contribution in [2.75, 3.05) is 53.6 Å². The molecule has 0 bridgehead atoms. The van der Waals surface area contributed by atoms with Gasteiger partial charge in [0.1, 0.15) is 0 Å². The lowest BCUT2D eigenvalue weighted by Crippen LogP contribution is -2.55. The van der Waals surface area contributed by atoms with Crippen LogP contribution in [-0.2, 0) is 21.5 Å². The summed E-state index contributed by atoms with van der Waals surface area (Å²) in [6.07, 6.45) is 1.42. The molecule has 0 aromatic heterocycles. The highest BCUT2D eigenvalue weighted by Crippen LogP contribution is 2.37. The third-order valence-electron chi connectivity index (χ3n) is 6.67. The minimum atomic E-state index is -0.519. The van der Waals surface area contributed by atoms with Crippen LogP contribution in [0.3, 0.4) is 0 Å². The summed E-state index contributed by atoms with van der Waals surface area (Å²) in [5.41, 5.74) is 1.70. The van der Waals surface area contributed by atoms with E-state index in [1.165, 1.54) is 5.56 Å². The molecule has 2 aromatic rings. The standard InChI is InChI=1S/C25H31ClN2O4/c1-30-22-8-3-19(17-23(22)31-2)18-27-11-13-28(14-12-27)24(29)25(9-15-32-16-10-25)20-4-6-21(26)7-5-20/h3-8,17H,9-16,18H2,1-2H3. The molecular formula is C25H31ClN2O4. The lowest BCUT2D eigenvalue weighted by molar-refractivity contribution is -0.143. The Morgan fingerprint density at radius 3 is 2.25 bits per heavy atom. The Bertz CT molecular complexity index is 920. The van der Waals surface area contributed by atoms with E-state index in [2.05, 4.69) is 11.0 Å². The molecule has 172 valence electrons. The normalized spacial score (nSPS) is 18.9. The Balaban J connectivity index is 1.42. The number of rotatable bonds is 6. The van der Waals surface area contributed by atoms with E-state index in [1.54, 1.807) is 14.2 Å². The molecule has 0 atom stereocenters. The number of piperazine rings is 1. The number of nitrogens with zero attached hydrogens (tertiary/aromatic N) is 2. The Kier molecular flexibility index (Phi) is 7.23. The number of benzene rings is 2. The molecule has 4 rings (SSSR count). The monoisotopic (exact) mass is 458 g/mol. The van der Waals surface area contributed by atoms with Gasteiger partial charge in [0.15, 0.2) is 11.5 Å². The molecule has 32 heavy (non-hydrogen) atoms. The van der Waals surface area contributed by atoms with Gasteiger partial charge < -0.3 is 19.1 Å². The van der Waals surface area contributed by atoms with E-state index in [0.717, 1.165) is 49.8 Å². The van der Waals surface area contributed by atoms with Gasteiger partial charge in [0.2, 0.25) is 5.91 Å². The molecule has 2 fully saturated rings.